The van der Waals surface area contributed by atoms with E-state index < -0.39 is 5.60 Å². The molecule has 29 heavy (non-hydrogen) atoms. The Bertz CT molecular complexity index is 728. The van der Waals surface area contributed by atoms with Gasteiger partial charge >= 0.3 is 0 Å². The van der Waals surface area contributed by atoms with Crippen molar-refractivity contribution in [1.82, 2.24) is 5.32 Å². The molecule has 1 amide bonds. The van der Waals surface area contributed by atoms with Gasteiger partial charge in [0.25, 0.3) is 5.91 Å². The Balaban J connectivity index is 1.17. The van der Waals surface area contributed by atoms with Gasteiger partial charge in [0.1, 0.15) is 5.75 Å². The van der Waals surface area contributed by atoms with E-state index in [2.05, 4.69) is 5.32 Å². The van der Waals surface area contributed by atoms with Gasteiger partial charge in [0, 0.05) is 24.8 Å². The molecule has 5 heteroatoms. The second-order valence-electron chi connectivity index (χ2n) is 9.91. The summed E-state index contributed by atoms with van der Waals surface area (Å²) in [5.41, 5.74) is 0.205. The van der Waals surface area contributed by atoms with Crippen LogP contribution in [0.1, 0.15) is 61.7 Å². The molecule has 4 bridgehead atoms. The third kappa shape index (κ3) is 4.17. The fraction of sp³-hybridized carbons (Fsp3) is 0.708. The van der Waals surface area contributed by atoms with Crippen LogP contribution in [-0.4, -0.2) is 42.5 Å². The average Bonchev–Trinajstić information content (AvgIpc) is 2.70. The van der Waals surface area contributed by atoms with Gasteiger partial charge in [-0.05, 0) is 93.2 Å². The first kappa shape index (κ1) is 19.4. The Kier molecular flexibility index (Phi) is 5.29. The maximum atomic E-state index is 12.9. The van der Waals surface area contributed by atoms with Crippen LogP contribution in [0.4, 0.5) is 0 Å². The van der Waals surface area contributed by atoms with E-state index >= 15 is 0 Å². The number of amides is 1. The highest BCUT2D eigenvalue weighted by atomic mass is 16.5. The van der Waals surface area contributed by atoms with Crippen LogP contribution in [0.3, 0.4) is 0 Å². The second-order valence-corrected chi connectivity index (χ2v) is 9.91. The van der Waals surface area contributed by atoms with E-state index in [1.807, 2.05) is 24.3 Å². The van der Waals surface area contributed by atoms with Crippen LogP contribution in [0.25, 0.3) is 0 Å². The molecule has 2 unspecified atom stereocenters. The second kappa shape index (κ2) is 7.92. The first-order valence-corrected chi connectivity index (χ1v) is 11.4. The SMILES string of the molecule is O=C(NC1C2CC3CC1CC(O)(C3)C2)c1cccc(OCCC2CCOCC2)c1. The summed E-state index contributed by atoms with van der Waals surface area (Å²) in [6, 6.07) is 7.77. The molecule has 1 saturated heterocycles. The van der Waals surface area contributed by atoms with Gasteiger partial charge in [-0.3, -0.25) is 4.79 Å². The number of ether oxygens (including phenoxy) is 2. The van der Waals surface area contributed by atoms with E-state index in [-0.39, 0.29) is 11.9 Å². The maximum Gasteiger partial charge on any atom is 0.251 e. The number of aliphatic hydroxyl groups is 1. The molecule has 2 atom stereocenters. The number of benzene rings is 1. The van der Waals surface area contributed by atoms with Crippen LogP contribution in [0, 0.1) is 23.7 Å². The standard InChI is InChI=1S/C24H33NO4/c26-23(25-22-19-10-17-11-20(22)15-24(27,13-17)14-19)18-2-1-3-21(12-18)29-9-6-16-4-7-28-8-5-16/h1-3,12,16-17,19-20,22,27H,4-11,13-15H2,(H,25,26). The van der Waals surface area contributed by atoms with E-state index in [1.54, 1.807) is 0 Å². The lowest BCUT2D eigenvalue weighted by molar-refractivity contribution is -0.136. The van der Waals surface area contributed by atoms with Gasteiger partial charge in [0.05, 0.1) is 12.2 Å². The molecule has 0 spiro atoms. The molecule has 4 saturated carbocycles. The monoisotopic (exact) mass is 399 g/mol. The van der Waals surface area contributed by atoms with Crippen molar-refractivity contribution in [3.05, 3.63) is 29.8 Å². The minimum atomic E-state index is -0.462. The van der Waals surface area contributed by atoms with Crippen molar-refractivity contribution in [3.63, 3.8) is 0 Å². The molecular weight excluding hydrogens is 366 g/mol. The number of carbonyl (C=O) groups is 1. The molecule has 1 aromatic rings. The number of hydrogen-bond donors (Lipinski definition) is 2. The van der Waals surface area contributed by atoms with Gasteiger partial charge in [-0.15, -0.1) is 0 Å². The van der Waals surface area contributed by atoms with Gasteiger partial charge in [-0.25, -0.2) is 0 Å². The molecule has 5 fully saturated rings. The minimum absolute atomic E-state index is 0.00987. The van der Waals surface area contributed by atoms with Crippen LogP contribution in [0.2, 0.25) is 0 Å². The van der Waals surface area contributed by atoms with Gasteiger partial charge in [-0.1, -0.05) is 6.07 Å². The summed E-state index contributed by atoms with van der Waals surface area (Å²) in [5, 5.41) is 14.1. The molecule has 158 valence electrons. The molecule has 5 nitrogen and oxygen atoms in total. The first-order valence-electron chi connectivity index (χ1n) is 11.4. The van der Waals surface area contributed by atoms with Crippen molar-refractivity contribution < 1.29 is 19.4 Å². The minimum Gasteiger partial charge on any atom is -0.494 e. The van der Waals surface area contributed by atoms with E-state index in [0.29, 0.717) is 35.8 Å². The number of rotatable bonds is 6. The summed E-state index contributed by atoms with van der Waals surface area (Å²) >= 11 is 0. The smallest absolute Gasteiger partial charge is 0.251 e. The largest absolute Gasteiger partial charge is 0.494 e. The number of carbonyl (C=O) groups excluding carboxylic acids is 1. The zero-order chi connectivity index (χ0) is 19.8. The first-order chi connectivity index (χ1) is 14.1. The molecular formula is C24H33NO4. The summed E-state index contributed by atoms with van der Waals surface area (Å²) in [5.74, 6) is 2.94. The third-order valence-electron chi connectivity index (χ3n) is 7.77. The fourth-order valence-corrected chi connectivity index (χ4v) is 6.56. The lowest BCUT2D eigenvalue weighted by atomic mass is 9.52. The maximum absolute atomic E-state index is 12.9. The third-order valence-corrected chi connectivity index (χ3v) is 7.77. The lowest BCUT2D eigenvalue weighted by Gasteiger charge is -2.58. The van der Waals surface area contributed by atoms with E-state index in [4.69, 9.17) is 9.47 Å². The Labute approximate surface area is 173 Å². The van der Waals surface area contributed by atoms with Crippen LogP contribution in [0.15, 0.2) is 24.3 Å². The molecule has 4 aliphatic carbocycles. The Hall–Kier alpha value is -1.59. The Morgan fingerprint density at radius 2 is 1.93 bits per heavy atom. The predicted octanol–water partition coefficient (Wildman–Crippen LogP) is 3.55. The van der Waals surface area contributed by atoms with Crippen LogP contribution in [0.5, 0.6) is 5.75 Å². The summed E-state index contributed by atoms with van der Waals surface area (Å²) in [6.07, 6.45) is 8.24. The zero-order valence-corrected chi connectivity index (χ0v) is 17.1. The van der Waals surface area contributed by atoms with Gasteiger partial charge in [0.15, 0.2) is 0 Å². The molecule has 5 aliphatic rings. The average molecular weight is 400 g/mol. The van der Waals surface area contributed by atoms with E-state index in [0.717, 1.165) is 70.3 Å². The number of nitrogens with one attached hydrogen (secondary N) is 1. The van der Waals surface area contributed by atoms with Crippen molar-refractivity contribution in [2.75, 3.05) is 19.8 Å². The fourth-order valence-electron chi connectivity index (χ4n) is 6.56. The van der Waals surface area contributed by atoms with Crippen LogP contribution < -0.4 is 10.1 Å². The van der Waals surface area contributed by atoms with Crippen molar-refractivity contribution in [1.29, 1.82) is 0 Å². The summed E-state index contributed by atoms with van der Waals surface area (Å²) in [6.45, 7) is 2.41. The summed E-state index contributed by atoms with van der Waals surface area (Å²) in [7, 11) is 0. The Morgan fingerprint density at radius 3 is 2.66 bits per heavy atom. The molecule has 0 radical (unpaired) electrons. The molecule has 2 N–H and O–H groups in total. The highest BCUT2D eigenvalue weighted by Gasteiger charge is 2.55. The Morgan fingerprint density at radius 1 is 1.17 bits per heavy atom. The van der Waals surface area contributed by atoms with Crippen LogP contribution >= 0.6 is 0 Å². The highest BCUT2D eigenvalue weighted by molar-refractivity contribution is 5.94. The van der Waals surface area contributed by atoms with E-state index in [1.165, 1.54) is 0 Å². The highest BCUT2D eigenvalue weighted by Crippen LogP contribution is 2.55. The quantitative estimate of drug-likeness (QED) is 0.768. The topological polar surface area (TPSA) is 67.8 Å². The zero-order valence-electron chi connectivity index (χ0n) is 17.1. The van der Waals surface area contributed by atoms with E-state index in [9.17, 15) is 9.90 Å². The molecule has 6 rings (SSSR count). The number of hydrogen-bond acceptors (Lipinski definition) is 4. The normalized spacial score (nSPS) is 36.2. The summed E-state index contributed by atoms with van der Waals surface area (Å²) < 4.78 is 11.4. The molecule has 1 heterocycles. The van der Waals surface area contributed by atoms with Crippen molar-refractivity contribution in [2.45, 2.75) is 63.0 Å². The van der Waals surface area contributed by atoms with Crippen molar-refractivity contribution in [2.24, 2.45) is 23.7 Å². The van der Waals surface area contributed by atoms with Gasteiger partial charge < -0.3 is 19.9 Å². The van der Waals surface area contributed by atoms with Gasteiger partial charge in [-0.2, -0.15) is 0 Å². The molecule has 1 aliphatic heterocycles. The van der Waals surface area contributed by atoms with Crippen LogP contribution in [-0.2, 0) is 4.74 Å². The van der Waals surface area contributed by atoms with Crippen molar-refractivity contribution >= 4 is 5.91 Å². The molecule has 1 aromatic carbocycles. The van der Waals surface area contributed by atoms with Crippen molar-refractivity contribution in [3.8, 4) is 5.75 Å². The summed E-state index contributed by atoms with van der Waals surface area (Å²) in [4.78, 5) is 12.9. The molecule has 0 aromatic heterocycles. The predicted molar refractivity (Wildman–Crippen MR) is 110 cm³/mol. The lowest BCUT2D eigenvalue weighted by Crippen LogP contribution is -2.61. The van der Waals surface area contributed by atoms with Gasteiger partial charge in [0.2, 0.25) is 0 Å².